The average molecular weight is 232 g/mol. The second-order valence-corrected chi connectivity index (χ2v) is 3.16. The second kappa shape index (κ2) is 1.83. The molecule has 0 spiro atoms. The van der Waals surface area contributed by atoms with Gasteiger partial charge in [0.15, 0.2) is 0 Å². The molecule has 0 bridgehead atoms. The summed E-state index contributed by atoms with van der Waals surface area (Å²) in [7, 11) is 0. The molecule has 0 atom stereocenters. The van der Waals surface area contributed by atoms with Crippen LogP contribution in [0.25, 0.3) is 6.08 Å². The fourth-order valence-corrected chi connectivity index (χ4v) is 1.56. The number of hydrogen-bond donors (Lipinski definition) is 0. The summed E-state index contributed by atoms with van der Waals surface area (Å²) in [6, 6.07) is 1.98. The van der Waals surface area contributed by atoms with Gasteiger partial charge in [-0.25, -0.2) is 0 Å². The van der Waals surface area contributed by atoms with Crippen LogP contribution in [0.15, 0.2) is 22.8 Å². The first-order valence-electron chi connectivity index (χ1n) is 2.68. The summed E-state index contributed by atoms with van der Waals surface area (Å²) in [4.78, 5) is 0. The van der Waals surface area contributed by atoms with Gasteiger partial charge in [0.1, 0.15) is 0 Å². The molecule has 1 heterocycles. The van der Waals surface area contributed by atoms with Gasteiger partial charge in [-0.05, 0) is 0 Å². The number of rotatable bonds is 0. The van der Waals surface area contributed by atoms with Crippen molar-refractivity contribution in [2.45, 2.75) is 0 Å². The molecule has 0 fully saturated rings. The molecule has 0 unspecified atom stereocenters. The Kier molecular flexibility index (Phi) is 1.11. The molecular weight excluding hydrogens is 228 g/mol. The van der Waals surface area contributed by atoms with Crippen molar-refractivity contribution in [1.29, 1.82) is 0 Å². The van der Waals surface area contributed by atoms with E-state index in [9.17, 15) is 0 Å². The van der Waals surface area contributed by atoms with Crippen molar-refractivity contribution in [2.24, 2.45) is 0 Å². The van der Waals surface area contributed by atoms with Crippen LogP contribution in [0.1, 0.15) is 11.3 Å². The summed E-state index contributed by atoms with van der Waals surface area (Å²) in [5.74, 6) is 1.03. The van der Waals surface area contributed by atoms with Crippen LogP contribution in [0.2, 0.25) is 0 Å². The van der Waals surface area contributed by atoms with Crippen LogP contribution < -0.4 is 0 Å². The van der Waals surface area contributed by atoms with E-state index in [0.29, 0.717) is 0 Å². The van der Waals surface area contributed by atoms with Gasteiger partial charge >= 0.3 is 65.6 Å². The predicted molar refractivity (Wildman–Crippen MR) is 37.6 cm³/mol. The summed E-state index contributed by atoms with van der Waals surface area (Å²) >= 11 is 1.98. The van der Waals surface area contributed by atoms with Crippen LogP contribution in [0.3, 0.4) is 0 Å². The molecule has 0 radical (unpaired) electrons. The first kappa shape index (κ1) is 5.46. The van der Waals surface area contributed by atoms with Crippen molar-refractivity contribution in [2.75, 3.05) is 0 Å². The summed E-state index contributed by atoms with van der Waals surface area (Å²) in [5, 5.41) is 0. The van der Waals surface area contributed by atoms with Gasteiger partial charge in [0.05, 0.1) is 0 Å². The Labute approximate surface area is 65.8 Å². The monoisotopic (exact) mass is 234 g/mol. The van der Waals surface area contributed by atoms with Crippen LogP contribution in [0.5, 0.6) is 0 Å². The van der Waals surface area contributed by atoms with Gasteiger partial charge in [0.2, 0.25) is 0 Å². The summed E-state index contributed by atoms with van der Waals surface area (Å²) in [5.41, 5.74) is 1.20. The molecule has 9 heavy (non-hydrogen) atoms. The molecule has 0 N–H and O–H groups in total. The Hall–Kier alpha value is -0.320. The summed E-state index contributed by atoms with van der Waals surface area (Å²) < 4.78 is 6.42. The molecule has 2 heteroatoms. The molecular formula is C7H4OTe. The quantitative estimate of drug-likeness (QED) is 0.608. The first-order chi connectivity index (χ1) is 4.38. The fraction of sp³-hybridized carbons (Fsp3) is 0. The zero-order valence-corrected chi connectivity index (χ0v) is 6.96. The van der Waals surface area contributed by atoms with Crippen LogP contribution >= 0.6 is 0 Å². The second-order valence-electron chi connectivity index (χ2n) is 1.90. The van der Waals surface area contributed by atoms with E-state index in [1.807, 2.05) is 27.9 Å². The molecule has 2 rings (SSSR count). The van der Waals surface area contributed by atoms with Crippen molar-refractivity contribution in [3.05, 3.63) is 29.7 Å². The maximum absolute atomic E-state index is 5.19. The SMILES string of the molecule is [Te]=C1C=Cc2ccoc21. The molecule has 44 valence electrons. The van der Waals surface area contributed by atoms with E-state index in [2.05, 4.69) is 12.2 Å². The molecule has 0 amide bonds. The van der Waals surface area contributed by atoms with Crippen molar-refractivity contribution < 1.29 is 4.42 Å². The van der Waals surface area contributed by atoms with E-state index in [0.717, 1.165) is 5.76 Å². The van der Waals surface area contributed by atoms with Gasteiger partial charge in [-0.1, -0.05) is 0 Å². The van der Waals surface area contributed by atoms with Crippen molar-refractivity contribution in [3.63, 3.8) is 0 Å². The minimum absolute atomic E-state index is 1.03. The van der Waals surface area contributed by atoms with Gasteiger partial charge in [0.25, 0.3) is 0 Å². The molecule has 0 aromatic carbocycles. The molecule has 1 aromatic heterocycles. The van der Waals surface area contributed by atoms with E-state index < -0.39 is 0 Å². The Morgan fingerprint density at radius 3 is 3.00 bits per heavy atom. The third-order valence-electron chi connectivity index (χ3n) is 1.33. The topological polar surface area (TPSA) is 13.1 Å². The molecule has 1 nitrogen and oxygen atoms in total. The summed E-state index contributed by atoms with van der Waals surface area (Å²) in [6.07, 6.45) is 5.86. The minimum atomic E-state index is 1.03. The molecule has 1 aliphatic rings. The van der Waals surface area contributed by atoms with E-state index in [1.165, 1.54) is 9.11 Å². The van der Waals surface area contributed by atoms with Gasteiger partial charge < -0.3 is 0 Å². The molecule has 1 aliphatic carbocycles. The van der Waals surface area contributed by atoms with Gasteiger partial charge in [-0.3, -0.25) is 0 Å². The Morgan fingerprint density at radius 2 is 2.22 bits per heavy atom. The molecule has 1 aromatic rings. The molecule has 0 saturated carbocycles. The van der Waals surface area contributed by atoms with E-state index in [4.69, 9.17) is 4.42 Å². The Bertz CT molecular complexity index is 283. The predicted octanol–water partition coefficient (Wildman–Crippen LogP) is 0.995. The molecule has 0 saturated heterocycles. The first-order valence-corrected chi connectivity index (χ1v) is 3.84. The molecule has 0 aliphatic heterocycles. The van der Waals surface area contributed by atoms with Crippen LogP contribution in [-0.2, 0) is 0 Å². The standard InChI is InChI=1S/C7H4OTe/c9-6-2-1-5-3-4-8-7(5)6/h1-4H. The maximum atomic E-state index is 5.19. The zero-order chi connectivity index (χ0) is 6.27. The van der Waals surface area contributed by atoms with E-state index >= 15 is 0 Å². The van der Waals surface area contributed by atoms with Gasteiger partial charge in [-0.2, -0.15) is 0 Å². The van der Waals surface area contributed by atoms with Crippen molar-refractivity contribution >= 4 is 31.4 Å². The van der Waals surface area contributed by atoms with Gasteiger partial charge in [-0.15, -0.1) is 0 Å². The average Bonchev–Trinajstić information content (AvgIpc) is 2.35. The number of allylic oxidation sites excluding steroid dienone is 1. The van der Waals surface area contributed by atoms with E-state index in [1.54, 1.807) is 6.26 Å². The third-order valence-corrected chi connectivity index (χ3v) is 2.25. The number of fused-ring (bicyclic) bond motifs is 1. The zero-order valence-electron chi connectivity index (χ0n) is 4.63. The van der Waals surface area contributed by atoms with E-state index in [-0.39, 0.29) is 0 Å². The van der Waals surface area contributed by atoms with Crippen LogP contribution in [-0.4, -0.2) is 25.4 Å². The summed E-state index contributed by atoms with van der Waals surface area (Å²) in [6.45, 7) is 0. The Morgan fingerprint density at radius 1 is 1.33 bits per heavy atom. The normalized spacial score (nSPS) is 14.4. The van der Waals surface area contributed by atoms with Crippen LogP contribution in [0, 0.1) is 0 Å². The van der Waals surface area contributed by atoms with Gasteiger partial charge in [0, 0.05) is 0 Å². The van der Waals surface area contributed by atoms with Crippen LogP contribution in [0.4, 0.5) is 0 Å². The third kappa shape index (κ3) is 0.710. The fourth-order valence-electron chi connectivity index (χ4n) is 0.892. The van der Waals surface area contributed by atoms with Crippen molar-refractivity contribution in [3.8, 4) is 0 Å². The Balaban J connectivity index is 2.73. The number of hydrogen-bond acceptors (Lipinski definition) is 1. The van der Waals surface area contributed by atoms with Crippen molar-refractivity contribution in [1.82, 2.24) is 0 Å². The number of furan rings is 1.